The Balaban J connectivity index is 2.08. The molecular weight excluding hydrogens is 274 g/mol. The van der Waals surface area contributed by atoms with Gasteiger partial charge in [0.25, 0.3) is 5.69 Å². The molecule has 2 rings (SSSR count). The third-order valence-corrected chi connectivity index (χ3v) is 3.05. The van der Waals surface area contributed by atoms with Crippen LogP contribution in [0.25, 0.3) is 0 Å². The van der Waals surface area contributed by atoms with E-state index in [-0.39, 0.29) is 23.7 Å². The number of rotatable bonds is 6. The third kappa shape index (κ3) is 3.38. The van der Waals surface area contributed by atoms with Crippen LogP contribution in [0.1, 0.15) is 10.5 Å². The maximum atomic E-state index is 12.1. The Morgan fingerprint density at radius 3 is 2.81 bits per heavy atom. The van der Waals surface area contributed by atoms with Crippen LogP contribution >= 0.6 is 0 Å². The summed E-state index contributed by atoms with van der Waals surface area (Å²) < 4.78 is 5.13. The molecule has 0 aliphatic heterocycles. The van der Waals surface area contributed by atoms with Gasteiger partial charge in [0, 0.05) is 24.9 Å². The molecule has 0 fully saturated rings. The zero-order valence-corrected chi connectivity index (χ0v) is 11.7. The van der Waals surface area contributed by atoms with E-state index in [4.69, 9.17) is 4.74 Å². The summed E-state index contributed by atoms with van der Waals surface area (Å²) in [6, 6.07) is 8.54. The Kier molecular flexibility index (Phi) is 4.22. The minimum absolute atomic E-state index is 0.102. The molecule has 1 aromatic heterocycles. The number of ether oxygens (including phenoxy) is 1. The number of H-pyrrole nitrogens is 1. The Bertz CT molecular complexity index is 666. The first-order chi connectivity index (χ1) is 10.0. The molecule has 0 amide bonds. The number of methoxy groups -OCH3 is 1. The van der Waals surface area contributed by atoms with Gasteiger partial charge in [-0.05, 0) is 12.1 Å². The summed E-state index contributed by atoms with van der Waals surface area (Å²) in [7, 11) is 3.34. The van der Waals surface area contributed by atoms with Gasteiger partial charge in [0.05, 0.1) is 30.5 Å². The molecule has 1 N–H and O–H groups in total. The van der Waals surface area contributed by atoms with E-state index in [1.807, 2.05) is 24.3 Å². The fourth-order valence-electron chi connectivity index (χ4n) is 1.89. The standard InChI is InChI=1S/C14H15N3O4/c1-16(10-4-3-5-12(6-10)21-2)9-14(18)13-7-11(8-15-13)17(19)20/h3-8,15H,9H2,1-2H3. The number of carbonyl (C=O) groups excluding carboxylic acids is 1. The molecule has 2 aromatic rings. The summed E-state index contributed by atoms with van der Waals surface area (Å²) in [5.41, 5.74) is 0.919. The van der Waals surface area contributed by atoms with Crippen molar-refractivity contribution in [3.63, 3.8) is 0 Å². The summed E-state index contributed by atoms with van der Waals surface area (Å²) in [4.78, 5) is 26.5. The number of ketones is 1. The normalized spacial score (nSPS) is 10.2. The molecule has 1 heterocycles. The van der Waals surface area contributed by atoms with Crippen molar-refractivity contribution < 1.29 is 14.5 Å². The molecule has 7 heteroatoms. The summed E-state index contributed by atoms with van der Waals surface area (Å²) >= 11 is 0. The third-order valence-electron chi connectivity index (χ3n) is 3.05. The molecule has 0 aliphatic rings. The Hall–Kier alpha value is -2.83. The number of nitro groups is 1. The fourth-order valence-corrected chi connectivity index (χ4v) is 1.89. The Labute approximate surface area is 121 Å². The monoisotopic (exact) mass is 289 g/mol. The maximum Gasteiger partial charge on any atom is 0.287 e. The van der Waals surface area contributed by atoms with Crippen molar-refractivity contribution in [3.05, 3.63) is 52.3 Å². The molecule has 0 radical (unpaired) electrons. The van der Waals surface area contributed by atoms with E-state index in [0.717, 1.165) is 5.69 Å². The zero-order valence-electron chi connectivity index (χ0n) is 11.7. The molecule has 0 atom stereocenters. The lowest BCUT2D eigenvalue weighted by atomic mass is 10.2. The molecule has 1 aromatic carbocycles. The average molecular weight is 289 g/mol. The average Bonchev–Trinajstić information content (AvgIpc) is 2.97. The van der Waals surface area contributed by atoms with Gasteiger partial charge in [-0.15, -0.1) is 0 Å². The highest BCUT2D eigenvalue weighted by Crippen LogP contribution is 2.20. The number of aromatic nitrogens is 1. The SMILES string of the molecule is COc1cccc(N(C)CC(=O)c2cc([N+](=O)[O-])c[nH]2)c1. The van der Waals surface area contributed by atoms with Gasteiger partial charge in [-0.1, -0.05) is 6.07 Å². The number of benzene rings is 1. The number of nitrogens with zero attached hydrogens (tertiary/aromatic N) is 2. The smallest absolute Gasteiger partial charge is 0.287 e. The van der Waals surface area contributed by atoms with Crippen LogP contribution < -0.4 is 9.64 Å². The number of aromatic amines is 1. The van der Waals surface area contributed by atoms with Crippen LogP contribution in [0, 0.1) is 10.1 Å². The highest BCUT2D eigenvalue weighted by molar-refractivity contribution is 5.98. The van der Waals surface area contributed by atoms with Crippen molar-refractivity contribution in [1.29, 1.82) is 0 Å². The minimum atomic E-state index is -0.543. The van der Waals surface area contributed by atoms with Crippen LogP contribution in [0.15, 0.2) is 36.5 Å². The lowest BCUT2D eigenvalue weighted by molar-refractivity contribution is -0.384. The van der Waals surface area contributed by atoms with E-state index in [2.05, 4.69) is 4.98 Å². The predicted octanol–water partition coefficient (Wildman–Crippen LogP) is 2.25. The second kappa shape index (κ2) is 6.08. The first-order valence-electron chi connectivity index (χ1n) is 6.22. The predicted molar refractivity (Wildman–Crippen MR) is 78.0 cm³/mol. The molecule has 0 aliphatic carbocycles. The Morgan fingerprint density at radius 2 is 2.19 bits per heavy atom. The lowest BCUT2D eigenvalue weighted by Crippen LogP contribution is -2.25. The van der Waals surface area contributed by atoms with Gasteiger partial charge >= 0.3 is 0 Å². The second-order valence-corrected chi connectivity index (χ2v) is 4.51. The number of carbonyl (C=O) groups is 1. The maximum absolute atomic E-state index is 12.1. The van der Waals surface area contributed by atoms with Crippen molar-refractivity contribution in [2.24, 2.45) is 0 Å². The summed E-state index contributed by atoms with van der Waals surface area (Å²) in [5.74, 6) is 0.468. The van der Waals surface area contributed by atoms with Gasteiger partial charge in [0.2, 0.25) is 0 Å². The van der Waals surface area contributed by atoms with Crippen LogP contribution in [0.2, 0.25) is 0 Å². The molecule has 0 spiro atoms. The van der Waals surface area contributed by atoms with Crippen LogP contribution in [-0.4, -0.2) is 36.4 Å². The van der Waals surface area contributed by atoms with Gasteiger partial charge < -0.3 is 14.6 Å². The molecule has 110 valence electrons. The number of nitrogens with one attached hydrogen (secondary N) is 1. The van der Waals surface area contributed by atoms with Crippen molar-refractivity contribution >= 4 is 17.2 Å². The molecule has 7 nitrogen and oxygen atoms in total. The number of Topliss-reactive ketones (excluding diaryl/α,β-unsaturated/α-hetero) is 1. The Morgan fingerprint density at radius 1 is 1.43 bits per heavy atom. The van der Waals surface area contributed by atoms with Crippen molar-refractivity contribution in [2.45, 2.75) is 0 Å². The largest absolute Gasteiger partial charge is 0.497 e. The zero-order chi connectivity index (χ0) is 15.4. The van der Waals surface area contributed by atoms with Crippen LogP contribution in [0.4, 0.5) is 11.4 Å². The highest BCUT2D eigenvalue weighted by Gasteiger charge is 2.16. The van der Waals surface area contributed by atoms with Crippen LogP contribution in [0.3, 0.4) is 0 Å². The van der Waals surface area contributed by atoms with Gasteiger partial charge in [-0.2, -0.15) is 0 Å². The van der Waals surface area contributed by atoms with E-state index in [1.54, 1.807) is 19.1 Å². The molecule has 21 heavy (non-hydrogen) atoms. The van der Waals surface area contributed by atoms with Crippen molar-refractivity contribution in [3.8, 4) is 5.75 Å². The van der Waals surface area contributed by atoms with E-state index in [0.29, 0.717) is 5.75 Å². The highest BCUT2D eigenvalue weighted by atomic mass is 16.6. The van der Waals surface area contributed by atoms with Gasteiger partial charge in [0.15, 0.2) is 5.78 Å². The number of likely N-dealkylation sites (N-methyl/N-ethyl adjacent to an activating group) is 1. The van der Waals surface area contributed by atoms with E-state index < -0.39 is 4.92 Å². The molecule has 0 saturated heterocycles. The minimum Gasteiger partial charge on any atom is -0.497 e. The topological polar surface area (TPSA) is 88.5 Å². The van der Waals surface area contributed by atoms with E-state index in [1.165, 1.54) is 12.3 Å². The lowest BCUT2D eigenvalue weighted by Gasteiger charge is -2.18. The fraction of sp³-hybridized carbons (Fsp3) is 0.214. The first kappa shape index (κ1) is 14.6. The number of hydrogen-bond acceptors (Lipinski definition) is 5. The molecule has 0 unspecified atom stereocenters. The summed E-state index contributed by atoms with van der Waals surface area (Å²) in [6.45, 7) is 0.102. The van der Waals surface area contributed by atoms with Crippen molar-refractivity contribution in [1.82, 2.24) is 4.98 Å². The quantitative estimate of drug-likeness (QED) is 0.500. The summed E-state index contributed by atoms with van der Waals surface area (Å²) in [5, 5.41) is 10.6. The first-order valence-corrected chi connectivity index (χ1v) is 6.22. The second-order valence-electron chi connectivity index (χ2n) is 4.51. The van der Waals surface area contributed by atoms with Crippen molar-refractivity contribution in [2.75, 3.05) is 25.6 Å². The van der Waals surface area contributed by atoms with Gasteiger partial charge in [-0.3, -0.25) is 14.9 Å². The molecule has 0 bridgehead atoms. The number of anilines is 1. The van der Waals surface area contributed by atoms with Gasteiger partial charge in [-0.25, -0.2) is 0 Å². The number of hydrogen-bond donors (Lipinski definition) is 1. The molecular formula is C14H15N3O4. The van der Waals surface area contributed by atoms with Gasteiger partial charge in [0.1, 0.15) is 5.75 Å². The van der Waals surface area contributed by atoms with E-state index >= 15 is 0 Å². The van der Waals surface area contributed by atoms with Crippen LogP contribution in [-0.2, 0) is 0 Å². The molecule has 0 saturated carbocycles. The van der Waals surface area contributed by atoms with Crippen LogP contribution in [0.5, 0.6) is 5.75 Å². The van der Waals surface area contributed by atoms with E-state index in [9.17, 15) is 14.9 Å². The summed E-state index contributed by atoms with van der Waals surface area (Å²) in [6.07, 6.45) is 1.21.